The van der Waals surface area contributed by atoms with Crippen LogP contribution in [0.25, 0.3) is 0 Å². The van der Waals surface area contributed by atoms with Gasteiger partial charge in [0.1, 0.15) is 12.1 Å². The normalized spacial score (nSPS) is 26.0. The molecule has 10 nitrogen and oxygen atoms in total. The highest BCUT2D eigenvalue weighted by molar-refractivity contribution is 5.92. The van der Waals surface area contributed by atoms with E-state index < -0.39 is 24.0 Å². The van der Waals surface area contributed by atoms with Gasteiger partial charge in [0.05, 0.1) is 19.1 Å². The van der Waals surface area contributed by atoms with Crippen LogP contribution in [-0.4, -0.2) is 91.0 Å². The number of nitrogens with zero attached hydrogens (tertiary/aromatic N) is 3. The average Bonchev–Trinajstić information content (AvgIpc) is 3.36. The van der Waals surface area contributed by atoms with Crippen LogP contribution < -0.4 is 10.4 Å². The quantitative estimate of drug-likeness (QED) is 0.521. The minimum absolute atomic E-state index is 0.286. The lowest BCUT2D eigenvalue weighted by Gasteiger charge is -2.43. The van der Waals surface area contributed by atoms with Gasteiger partial charge in [0.25, 0.3) is 0 Å². The van der Waals surface area contributed by atoms with E-state index in [9.17, 15) is 19.6 Å². The number of para-hydroxylation sites is 1. The van der Waals surface area contributed by atoms with Crippen molar-refractivity contribution >= 4 is 23.6 Å². The highest BCUT2D eigenvalue weighted by atomic mass is 16.6. The Morgan fingerprint density at radius 3 is 2.44 bits per heavy atom. The first-order valence-electron chi connectivity index (χ1n) is 11.2. The van der Waals surface area contributed by atoms with E-state index in [1.165, 1.54) is 4.90 Å². The molecule has 0 spiro atoms. The summed E-state index contributed by atoms with van der Waals surface area (Å²) in [4.78, 5) is 44.1. The van der Waals surface area contributed by atoms with Gasteiger partial charge in [-0.25, -0.2) is 10.3 Å². The summed E-state index contributed by atoms with van der Waals surface area (Å²) in [5, 5.41) is 9.23. The van der Waals surface area contributed by atoms with Gasteiger partial charge in [-0.2, -0.15) is 0 Å². The van der Waals surface area contributed by atoms with Crippen LogP contribution in [0.5, 0.6) is 0 Å². The minimum atomic E-state index is -1.01. The summed E-state index contributed by atoms with van der Waals surface area (Å²) >= 11 is 0. The van der Waals surface area contributed by atoms with Crippen molar-refractivity contribution in [3.05, 3.63) is 30.3 Å². The molecule has 0 bridgehead atoms. The van der Waals surface area contributed by atoms with Crippen LogP contribution in [0.2, 0.25) is 0 Å². The van der Waals surface area contributed by atoms with Gasteiger partial charge in [0, 0.05) is 44.8 Å². The first-order chi connectivity index (χ1) is 15.6. The van der Waals surface area contributed by atoms with Crippen LogP contribution in [0.4, 0.5) is 10.5 Å². The van der Waals surface area contributed by atoms with Crippen LogP contribution in [-0.2, 0) is 19.1 Å². The molecule has 0 unspecified atom stereocenters. The Morgan fingerprint density at radius 1 is 1.03 bits per heavy atom. The second-order valence-corrected chi connectivity index (χ2v) is 8.38. The maximum absolute atomic E-state index is 13.6. The zero-order chi connectivity index (χ0) is 22.5. The number of hydrogen-bond acceptors (Lipinski definition) is 7. The van der Waals surface area contributed by atoms with Crippen LogP contribution in [0.1, 0.15) is 19.3 Å². The molecule has 3 fully saturated rings. The van der Waals surface area contributed by atoms with Crippen molar-refractivity contribution < 1.29 is 29.1 Å². The number of hydrogen-bond donors (Lipinski definition) is 2. The molecule has 1 aromatic carbocycles. The number of amides is 3. The van der Waals surface area contributed by atoms with Gasteiger partial charge in [-0.3, -0.25) is 19.7 Å². The van der Waals surface area contributed by atoms with Gasteiger partial charge in [-0.15, -0.1) is 0 Å². The number of carbonyl (C=O) groups is 3. The van der Waals surface area contributed by atoms with Crippen molar-refractivity contribution in [2.45, 2.75) is 31.4 Å². The Kier molecular flexibility index (Phi) is 7.11. The highest BCUT2D eigenvalue weighted by Crippen LogP contribution is 2.28. The van der Waals surface area contributed by atoms with Gasteiger partial charge in [0.15, 0.2) is 0 Å². The Morgan fingerprint density at radius 2 is 1.78 bits per heavy atom. The number of piperidine rings is 1. The smallest absolute Gasteiger partial charge is 0.410 e. The summed E-state index contributed by atoms with van der Waals surface area (Å²) in [6.07, 6.45) is 0.598. The number of nitrogens with one attached hydrogen (secondary N) is 1. The van der Waals surface area contributed by atoms with Gasteiger partial charge >= 0.3 is 6.09 Å². The molecule has 3 atom stereocenters. The average molecular weight is 447 g/mol. The summed E-state index contributed by atoms with van der Waals surface area (Å²) in [7, 11) is 0. The monoisotopic (exact) mass is 446 g/mol. The molecule has 3 heterocycles. The van der Waals surface area contributed by atoms with E-state index >= 15 is 0 Å². The zero-order valence-corrected chi connectivity index (χ0v) is 18.0. The predicted molar refractivity (Wildman–Crippen MR) is 114 cm³/mol. The standard InChI is InChI=1S/C22H30N4O6/c27-20(23-30)18-7-4-9-26(22(29)32-17-8-14-31-15-17)19(18)21(28)25-12-10-24(11-13-25)16-5-2-1-3-6-16/h1-3,5-6,17-19,30H,4,7-15H2,(H,23,27)/t17-,18+,19+/m1/s1. The van der Waals surface area contributed by atoms with E-state index in [0.717, 1.165) is 5.69 Å². The maximum atomic E-state index is 13.6. The largest absolute Gasteiger partial charge is 0.444 e. The fourth-order valence-corrected chi connectivity index (χ4v) is 4.69. The van der Waals surface area contributed by atoms with Crippen molar-refractivity contribution in [3.8, 4) is 0 Å². The number of anilines is 1. The fraction of sp³-hybridized carbons (Fsp3) is 0.591. The Labute approximate surface area is 187 Å². The summed E-state index contributed by atoms with van der Waals surface area (Å²) in [5.41, 5.74) is 2.76. The van der Waals surface area contributed by atoms with Gasteiger partial charge in [-0.05, 0) is 25.0 Å². The van der Waals surface area contributed by atoms with Crippen molar-refractivity contribution in [1.82, 2.24) is 15.3 Å². The molecule has 0 aliphatic carbocycles. The minimum Gasteiger partial charge on any atom is -0.444 e. The van der Waals surface area contributed by atoms with E-state index in [0.29, 0.717) is 65.2 Å². The lowest BCUT2D eigenvalue weighted by atomic mass is 9.87. The van der Waals surface area contributed by atoms with E-state index in [1.54, 1.807) is 10.4 Å². The van der Waals surface area contributed by atoms with Crippen molar-refractivity contribution in [3.63, 3.8) is 0 Å². The Hall–Kier alpha value is -2.85. The second kappa shape index (κ2) is 10.2. The maximum Gasteiger partial charge on any atom is 0.410 e. The topological polar surface area (TPSA) is 112 Å². The number of ether oxygens (including phenoxy) is 2. The number of benzene rings is 1. The Balaban J connectivity index is 1.47. The van der Waals surface area contributed by atoms with E-state index in [4.69, 9.17) is 9.47 Å². The number of piperazine rings is 1. The summed E-state index contributed by atoms with van der Waals surface area (Å²) in [5.74, 6) is -1.78. The molecule has 0 saturated carbocycles. The van der Waals surface area contributed by atoms with Gasteiger partial charge in [0.2, 0.25) is 11.8 Å². The third-order valence-electron chi connectivity index (χ3n) is 6.43. The van der Waals surface area contributed by atoms with Crippen molar-refractivity contribution in [1.29, 1.82) is 0 Å². The molecule has 2 N–H and O–H groups in total. The summed E-state index contributed by atoms with van der Waals surface area (Å²) in [6.45, 7) is 3.46. The van der Waals surface area contributed by atoms with Crippen LogP contribution in [0.3, 0.4) is 0 Å². The highest BCUT2D eigenvalue weighted by Gasteiger charge is 2.46. The van der Waals surface area contributed by atoms with E-state index in [2.05, 4.69) is 4.90 Å². The predicted octanol–water partition coefficient (Wildman–Crippen LogP) is 0.847. The number of hydroxylamine groups is 1. The molecule has 3 aliphatic rings. The van der Waals surface area contributed by atoms with Crippen LogP contribution >= 0.6 is 0 Å². The van der Waals surface area contributed by atoms with Crippen LogP contribution in [0.15, 0.2) is 30.3 Å². The molecular weight excluding hydrogens is 416 g/mol. The van der Waals surface area contributed by atoms with E-state index in [1.807, 2.05) is 30.3 Å². The molecule has 32 heavy (non-hydrogen) atoms. The van der Waals surface area contributed by atoms with E-state index in [-0.39, 0.29) is 12.0 Å². The zero-order valence-electron chi connectivity index (χ0n) is 18.0. The molecule has 0 aromatic heterocycles. The lowest BCUT2D eigenvalue weighted by Crippen LogP contribution is -2.62. The lowest BCUT2D eigenvalue weighted by molar-refractivity contribution is -0.148. The number of likely N-dealkylation sites (tertiary alicyclic amines) is 1. The molecule has 0 radical (unpaired) electrons. The van der Waals surface area contributed by atoms with Gasteiger partial charge < -0.3 is 19.3 Å². The summed E-state index contributed by atoms with van der Waals surface area (Å²) in [6, 6.07) is 8.98. The molecule has 3 aliphatic heterocycles. The number of rotatable bonds is 4. The number of carbonyl (C=O) groups excluding carboxylic acids is 3. The van der Waals surface area contributed by atoms with Crippen molar-refractivity contribution in [2.24, 2.45) is 5.92 Å². The fourth-order valence-electron chi connectivity index (χ4n) is 4.69. The van der Waals surface area contributed by atoms with Crippen molar-refractivity contribution in [2.75, 3.05) is 50.8 Å². The first-order valence-corrected chi connectivity index (χ1v) is 11.2. The van der Waals surface area contributed by atoms with Crippen LogP contribution in [0, 0.1) is 5.92 Å². The summed E-state index contributed by atoms with van der Waals surface area (Å²) < 4.78 is 10.8. The molecular formula is C22H30N4O6. The van der Waals surface area contributed by atoms with Gasteiger partial charge in [-0.1, -0.05) is 18.2 Å². The second-order valence-electron chi connectivity index (χ2n) is 8.38. The molecule has 3 saturated heterocycles. The Bertz CT molecular complexity index is 808. The SMILES string of the molecule is O=C(NO)[C@H]1CCCN(C(=O)O[C@@H]2CCOC2)[C@@H]1C(=O)N1CCN(c2ccccc2)CC1. The molecule has 3 amide bonds. The first kappa shape index (κ1) is 22.3. The molecule has 1 aromatic rings. The molecule has 10 heteroatoms. The molecule has 4 rings (SSSR count). The third-order valence-corrected chi connectivity index (χ3v) is 6.43. The third kappa shape index (κ3) is 4.81. The molecule has 174 valence electrons.